The molecular weight excluding hydrogens is 528 g/mol. The number of non-ortho nitro benzene ring substituents is 1. The first-order valence-electron chi connectivity index (χ1n) is 12.4. The minimum atomic E-state index is -0.891. The second-order valence-corrected chi connectivity index (χ2v) is 9.35. The molecule has 0 saturated heterocycles. The van der Waals surface area contributed by atoms with Gasteiger partial charge in [0, 0.05) is 17.7 Å². The fourth-order valence-corrected chi connectivity index (χ4v) is 4.27. The van der Waals surface area contributed by atoms with Gasteiger partial charge in [0.15, 0.2) is 6.61 Å². The summed E-state index contributed by atoms with van der Waals surface area (Å²) in [5.74, 6) is -1.50. The third-order valence-electron chi connectivity index (χ3n) is 6.64. The van der Waals surface area contributed by atoms with Crippen LogP contribution >= 0.6 is 0 Å². The average Bonchev–Trinajstić information content (AvgIpc) is 3.22. The Kier molecular flexibility index (Phi) is 7.13. The largest absolute Gasteiger partial charge is 0.457 e. The van der Waals surface area contributed by atoms with Gasteiger partial charge in [0.25, 0.3) is 17.5 Å². The van der Waals surface area contributed by atoms with E-state index in [2.05, 4.69) is 0 Å². The molecule has 1 heterocycles. The fourth-order valence-electron chi connectivity index (χ4n) is 4.27. The Morgan fingerprint density at radius 2 is 1.49 bits per heavy atom. The molecule has 0 spiro atoms. The topological polar surface area (TPSA) is 133 Å². The normalized spacial score (nSPS) is 12.2. The molecule has 1 aliphatic heterocycles. The summed E-state index contributed by atoms with van der Waals surface area (Å²) in [6.07, 6.45) is 0. The fraction of sp³-hybridized carbons (Fsp3) is 0.0968. The highest BCUT2D eigenvalue weighted by Gasteiger charge is 2.37. The molecule has 0 radical (unpaired) electrons. The van der Waals surface area contributed by atoms with Gasteiger partial charge >= 0.3 is 5.97 Å². The molecule has 4 aromatic rings. The molecule has 1 aliphatic rings. The Morgan fingerprint density at radius 1 is 0.780 bits per heavy atom. The predicted molar refractivity (Wildman–Crippen MR) is 148 cm³/mol. The third kappa shape index (κ3) is 5.44. The first-order chi connectivity index (χ1) is 19.6. The van der Waals surface area contributed by atoms with Crippen LogP contribution < -0.4 is 9.64 Å². The number of hydrogen-bond donors (Lipinski definition) is 0. The molecule has 0 aliphatic carbocycles. The Labute approximate surface area is 233 Å². The number of hydrogen-bond acceptors (Lipinski definition) is 8. The molecule has 10 heteroatoms. The molecule has 0 saturated carbocycles. The van der Waals surface area contributed by atoms with Gasteiger partial charge in [-0.15, -0.1) is 0 Å². The van der Waals surface area contributed by atoms with E-state index in [4.69, 9.17) is 9.47 Å². The van der Waals surface area contributed by atoms with E-state index in [0.29, 0.717) is 17.2 Å². The molecule has 0 unspecified atom stereocenters. The molecular formula is C31H22N2O8. The van der Waals surface area contributed by atoms with Gasteiger partial charge in [-0.05, 0) is 79.6 Å². The lowest BCUT2D eigenvalue weighted by Crippen LogP contribution is -2.29. The number of ether oxygens (including phenoxy) is 2. The van der Waals surface area contributed by atoms with Gasteiger partial charge in [-0.3, -0.25) is 24.5 Å². The van der Waals surface area contributed by atoms with Crippen LogP contribution in [0.2, 0.25) is 0 Å². The van der Waals surface area contributed by atoms with Crippen molar-refractivity contribution < 1.29 is 33.6 Å². The van der Waals surface area contributed by atoms with Crippen molar-refractivity contribution >= 4 is 34.9 Å². The Hall–Kier alpha value is -5.64. The van der Waals surface area contributed by atoms with E-state index in [9.17, 15) is 29.3 Å². The van der Waals surface area contributed by atoms with Crippen molar-refractivity contribution in [1.29, 1.82) is 0 Å². The monoisotopic (exact) mass is 550 g/mol. The maximum atomic E-state index is 13.2. The molecule has 4 aromatic carbocycles. The van der Waals surface area contributed by atoms with Crippen LogP contribution in [-0.2, 0) is 4.74 Å². The molecule has 2 amide bonds. The van der Waals surface area contributed by atoms with Gasteiger partial charge in [0.2, 0.25) is 5.78 Å². The van der Waals surface area contributed by atoms with E-state index < -0.39 is 35.1 Å². The number of ketones is 1. The number of aryl methyl sites for hydroxylation is 2. The molecule has 5 rings (SSSR count). The number of amides is 2. The summed E-state index contributed by atoms with van der Waals surface area (Å²) in [5, 5.41) is 10.9. The molecule has 0 N–H and O–H groups in total. The molecule has 0 atom stereocenters. The van der Waals surface area contributed by atoms with E-state index in [0.717, 1.165) is 22.1 Å². The quantitative estimate of drug-likeness (QED) is 0.0878. The number of imide groups is 1. The summed E-state index contributed by atoms with van der Waals surface area (Å²) in [6, 6.07) is 21.2. The van der Waals surface area contributed by atoms with Crippen LogP contribution in [0.5, 0.6) is 11.5 Å². The summed E-state index contributed by atoms with van der Waals surface area (Å²) >= 11 is 0. The molecule has 0 fully saturated rings. The minimum Gasteiger partial charge on any atom is -0.457 e. The summed E-state index contributed by atoms with van der Waals surface area (Å²) in [7, 11) is 0. The number of nitrogens with zero attached hydrogens (tertiary/aromatic N) is 2. The highest BCUT2D eigenvalue weighted by molar-refractivity contribution is 6.34. The second kappa shape index (κ2) is 10.9. The van der Waals surface area contributed by atoms with Crippen LogP contribution in [0.4, 0.5) is 11.4 Å². The maximum Gasteiger partial charge on any atom is 0.338 e. The standard InChI is InChI=1S/C31H22N2O8/c1-18-6-10-25(14-19(18)2)41-24-11-8-22(9-12-24)32-29(35)26-13-7-21(16-27(26)30(32)36)31(37)40-17-28(34)20-4-3-5-23(15-20)33(38)39/h3-16H,17H2,1-2H3. The number of esters is 1. The van der Waals surface area contributed by atoms with Gasteiger partial charge in [-0.25, -0.2) is 9.69 Å². The molecule has 204 valence electrons. The van der Waals surface area contributed by atoms with Gasteiger partial charge < -0.3 is 9.47 Å². The third-order valence-corrected chi connectivity index (χ3v) is 6.64. The Morgan fingerprint density at radius 3 is 2.20 bits per heavy atom. The summed E-state index contributed by atoms with van der Waals surface area (Å²) in [6.45, 7) is 3.33. The van der Waals surface area contributed by atoms with E-state index in [-0.39, 0.29) is 27.9 Å². The first-order valence-corrected chi connectivity index (χ1v) is 12.4. The molecule has 0 bridgehead atoms. The zero-order valence-electron chi connectivity index (χ0n) is 22.0. The average molecular weight is 551 g/mol. The van der Waals surface area contributed by atoms with Crippen LogP contribution in [0.1, 0.15) is 52.6 Å². The van der Waals surface area contributed by atoms with Crippen LogP contribution in [0, 0.1) is 24.0 Å². The van der Waals surface area contributed by atoms with Crippen LogP contribution in [0.3, 0.4) is 0 Å². The van der Waals surface area contributed by atoms with Crippen molar-refractivity contribution in [3.63, 3.8) is 0 Å². The zero-order valence-corrected chi connectivity index (χ0v) is 22.0. The van der Waals surface area contributed by atoms with E-state index >= 15 is 0 Å². The van der Waals surface area contributed by atoms with Crippen LogP contribution in [0.25, 0.3) is 0 Å². The van der Waals surface area contributed by atoms with Gasteiger partial charge in [0.1, 0.15) is 11.5 Å². The number of carbonyl (C=O) groups is 4. The minimum absolute atomic E-state index is 0.0165. The molecule has 0 aromatic heterocycles. The van der Waals surface area contributed by atoms with Crippen molar-refractivity contribution in [3.05, 3.63) is 128 Å². The number of Topliss-reactive ketones (excluding diaryl/α,β-unsaturated/α-hetero) is 1. The highest BCUT2D eigenvalue weighted by atomic mass is 16.6. The van der Waals surface area contributed by atoms with Crippen LogP contribution in [-0.4, -0.2) is 35.1 Å². The second-order valence-electron chi connectivity index (χ2n) is 9.35. The number of fused-ring (bicyclic) bond motifs is 1. The molecule has 41 heavy (non-hydrogen) atoms. The number of rotatable bonds is 8. The number of carbonyl (C=O) groups excluding carboxylic acids is 4. The Balaban J connectivity index is 1.27. The van der Waals surface area contributed by atoms with Crippen molar-refractivity contribution in [2.75, 3.05) is 11.5 Å². The lowest BCUT2D eigenvalue weighted by molar-refractivity contribution is -0.384. The lowest BCUT2D eigenvalue weighted by Gasteiger charge is -2.15. The number of anilines is 1. The van der Waals surface area contributed by atoms with E-state index in [1.165, 1.54) is 36.4 Å². The Bertz CT molecular complexity index is 1740. The van der Waals surface area contributed by atoms with Crippen molar-refractivity contribution in [1.82, 2.24) is 0 Å². The number of nitro benzene ring substituents is 1. The number of nitro groups is 1. The van der Waals surface area contributed by atoms with Crippen LogP contribution in [0.15, 0.2) is 84.9 Å². The van der Waals surface area contributed by atoms with Gasteiger partial charge in [0.05, 0.1) is 27.3 Å². The SMILES string of the molecule is Cc1ccc(Oc2ccc(N3C(=O)c4ccc(C(=O)OCC(=O)c5cccc([N+](=O)[O-])c5)cc4C3=O)cc2)cc1C. The highest BCUT2D eigenvalue weighted by Crippen LogP contribution is 2.32. The maximum absolute atomic E-state index is 13.2. The molecule has 10 nitrogen and oxygen atoms in total. The van der Waals surface area contributed by atoms with Crippen molar-refractivity contribution in [2.24, 2.45) is 0 Å². The summed E-state index contributed by atoms with van der Waals surface area (Å²) in [5.41, 5.74) is 2.41. The smallest absolute Gasteiger partial charge is 0.338 e. The van der Waals surface area contributed by atoms with Crippen molar-refractivity contribution in [2.45, 2.75) is 13.8 Å². The van der Waals surface area contributed by atoms with Gasteiger partial charge in [-0.1, -0.05) is 18.2 Å². The van der Waals surface area contributed by atoms with Gasteiger partial charge in [-0.2, -0.15) is 0 Å². The summed E-state index contributed by atoms with van der Waals surface area (Å²) < 4.78 is 11.0. The predicted octanol–water partition coefficient (Wildman–Crippen LogP) is 5.84. The van der Waals surface area contributed by atoms with Crippen molar-refractivity contribution in [3.8, 4) is 11.5 Å². The summed E-state index contributed by atoms with van der Waals surface area (Å²) in [4.78, 5) is 62.5. The van der Waals surface area contributed by atoms with E-state index in [1.807, 2.05) is 32.0 Å². The zero-order chi connectivity index (χ0) is 29.3. The lowest BCUT2D eigenvalue weighted by atomic mass is 10.1. The first kappa shape index (κ1) is 26.9. The van der Waals surface area contributed by atoms with E-state index in [1.54, 1.807) is 24.3 Å². The number of benzene rings is 4.